The lowest BCUT2D eigenvalue weighted by Crippen LogP contribution is -2.17. The third-order valence-corrected chi connectivity index (χ3v) is 5.36. The quantitative estimate of drug-likeness (QED) is 0.485. The Labute approximate surface area is 137 Å². The van der Waals surface area contributed by atoms with E-state index in [9.17, 15) is 9.18 Å². The number of aryl methyl sites for hydroxylation is 1. The molecule has 0 aliphatic carbocycles. The van der Waals surface area contributed by atoms with Crippen molar-refractivity contribution in [1.82, 2.24) is 5.43 Å². The second-order valence-electron chi connectivity index (χ2n) is 4.45. The van der Waals surface area contributed by atoms with Crippen molar-refractivity contribution in [2.24, 2.45) is 5.10 Å². The van der Waals surface area contributed by atoms with Crippen molar-refractivity contribution in [3.05, 3.63) is 52.2 Å². The largest absolute Gasteiger partial charge is 0.271 e. The van der Waals surface area contributed by atoms with E-state index in [1.165, 1.54) is 33.4 Å². The van der Waals surface area contributed by atoms with Crippen molar-refractivity contribution in [3.63, 3.8) is 0 Å². The van der Waals surface area contributed by atoms with Crippen LogP contribution in [0.15, 0.2) is 39.6 Å². The molecular weight excluding hydrogens is 319 g/mol. The Balaban J connectivity index is 2.04. The molecule has 2 rings (SSSR count). The van der Waals surface area contributed by atoms with Gasteiger partial charge in [-0.05, 0) is 42.5 Å². The number of benzene rings is 1. The molecule has 1 aromatic heterocycles. The number of carbonyl (C=O) groups excluding carboxylic acids is 1. The Kier molecular flexibility index (Phi) is 6.15. The predicted molar refractivity (Wildman–Crippen MR) is 91.6 cm³/mol. The zero-order chi connectivity index (χ0) is 15.9. The lowest BCUT2D eigenvalue weighted by Gasteiger charge is -1.99. The summed E-state index contributed by atoms with van der Waals surface area (Å²) < 4.78 is 14.0. The Morgan fingerprint density at radius 2 is 2.09 bits per heavy atom. The van der Waals surface area contributed by atoms with Gasteiger partial charge in [0, 0.05) is 16.0 Å². The van der Waals surface area contributed by atoms with Crippen molar-refractivity contribution in [2.75, 3.05) is 5.75 Å². The van der Waals surface area contributed by atoms with Crippen LogP contribution < -0.4 is 5.43 Å². The molecule has 0 fully saturated rings. The molecule has 0 atom stereocenters. The zero-order valence-electron chi connectivity index (χ0n) is 12.4. The van der Waals surface area contributed by atoms with Crippen molar-refractivity contribution < 1.29 is 9.18 Å². The minimum absolute atomic E-state index is 0.355. The van der Waals surface area contributed by atoms with Crippen LogP contribution in [-0.2, 0) is 6.42 Å². The number of nitrogens with zero attached hydrogens (tertiary/aromatic N) is 1. The second-order valence-corrected chi connectivity index (χ2v) is 7.12. The third-order valence-electron chi connectivity index (χ3n) is 2.88. The highest BCUT2D eigenvalue weighted by Crippen LogP contribution is 2.31. The lowest BCUT2D eigenvalue weighted by molar-refractivity contribution is 0.0955. The van der Waals surface area contributed by atoms with Crippen LogP contribution in [0, 0.1) is 5.82 Å². The molecule has 116 valence electrons. The van der Waals surface area contributed by atoms with Gasteiger partial charge < -0.3 is 0 Å². The number of carbonyl (C=O) groups is 1. The summed E-state index contributed by atoms with van der Waals surface area (Å²) in [5.41, 5.74) is 3.86. The molecule has 3 nitrogen and oxygen atoms in total. The fraction of sp³-hybridized carbons (Fsp3) is 0.250. The summed E-state index contributed by atoms with van der Waals surface area (Å²) in [6, 6.07) is 7.45. The Morgan fingerprint density at radius 3 is 2.73 bits per heavy atom. The summed E-state index contributed by atoms with van der Waals surface area (Å²) in [4.78, 5) is 13.2. The summed E-state index contributed by atoms with van der Waals surface area (Å²) in [6.07, 6.45) is 2.65. The number of hydrogen-bond acceptors (Lipinski definition) is 4. The number of thiophene rings is 1. The molecule has 0 radical (unpaired) electrons. The Morgan fingerprint density at radius 1 is 1.36 bits per heavy atom. The molecule has 0 unspecified atom stereocenters. The first-order chi connectivity index (χ1) is 10.6. The van der Waals surface area contributed by atoms with E-state index in [-0.39, 0.29) is 11.7 Å². The molecule has 0 saturated carbocycles. The third kappa shape index (κ3) is 4.42. The number of rotatable bonds is 6. The zero-order valence-corrected chi connectivity index (χ0v) is 14.1. The lowest BCUT2D eigenvalue weighted by atomic mass is 10.2. The molecule has 0 saturated heterocycles. The molecule has 0 spiro atoms. The van der Waals surface area contributed by atoms with Gasteiger partial charge in [0.25, 0.3) is 5.91 Å². The molecule has 22 heavy (non-hydrogen) atoms. The smallest absolute Gasteiger partial charge is 0.267 e. The molecule has 0 bridgehead atoms. The molecule has 1 heterocycles. The first-order valence-electron chi connectivity index (χ1n) is 6.98. The van der Waals surface area contributed by atoms with Crippen LogP contribution in [0.1, 0.15) is 34.6 Å². The van der Waals surface area contributed by atoms with E-state index in [2.05, 4.69) is 30.4 Å². The van der Waals surface area contributed by atoms with Gasteiger partial charge >= 0.3 is 0 Å². The highest BCUT2D eigenvalue weighted by Gasteiger charge is 2.07. The van der Waals surface area contributed by atoms with Crippen LogP contribution in [-0.4, -0.2) is 17.9 Å². The number of halogens is 1. The van der Waals surface area contributed by atoms with Crippen LogP contribution >= 0.6 is 23.1 Å². The fourth-order valence-electron chi connectivity index (χ4n) is 1.77. The van der Waals surface area contributed by atoms with E-state index in [4.69, 9.17) is 0 Å². The molecule has 1 amide bonds. The summed E-state index contributed by atoms with van der Waals surface area (Å²) in [5, 5.41) is 4.01. The fourth-order valence-corrected chi connectivity index (χ4v) is 4.02. The van der Waals surface area contributed by atoms with Gasteiger partial charge in [0.05, 0.1) is 10.4 Å². The molecule has 0 aliphatic rings. The van der Waals surface area contributed by atoms with E-state index in [1.807, 2.05) is 0 Å². The standard InChI is InChI=1S/C16H17FN2OS2/c1-3-14-9-12(16(22-14)21-4-2)10-18-19-15(20)11-5-7-13(17)8-6-11/h5-10H,3-4H2,1-2H3,(H,19,20)/b18-10+. The monoisotopic (exact) mass is 336 g/mol. The predicted octanol–water partition coefficient (Wildman–Crippen LogP) is 4.33. The van der Waals surface area contributed by atoms with Crippen LogP contribution in [0.3, 0.4) is 0 Å². The van der Waals surface area contributed by atoms with Crippen LogP contribution in [0.25, 0.3) is 0 Å². The van der Waals surface area contributed by atoms with Gasteiger partial charge in [0.1, 0.15) is 5.82 Å². The second kappa shape index (κ2) is 8.10. The normalized spacial score (nSPS) is 11.0. The highest BCUT2D eigenvalue weighted by molar-refractivity contribution is 8.01. The number of hydrazone groups is 1. The van der Waals surface area contributed by atoms with Gasteiger partial charge in [0.15, 0.2) is 0 Å². The maximum Gasteiger partial charge on any atom is 0.271 e. The van der Waals surface area contributed by atoms with E-state index in [0.717, 1.165) is 17.7 Å². The maximum absolute atomic E-state index is 12.8. The summed E-state index contributed by atoms with van der Waals surface area (Å²) >= 11 is 3.53. The van der Waals surface area contributed by atoms with Crippen LogP contribution in [0.4, 0.5) is 4.39 Å². The number of hydrogen-bond donors (Lipinski definition) is 1. The average molecular weight is 336 g/mol. The summed E-state index contributed by atoms with van der Waals surface area (Å²) in [6.45, 7) is 4.22. The van der Waals surface area contributed by atoms with E-state index in [0.29, 0.717) is 5.56 Å². The minimum atomic E-state index is -0.369. The highest BCUT2D eigenvalue weighted by atomic mass is 32.2. The van der Waals surface area contributed by atoms with Crippen molar-refractivity contribution in [2.45, 2.75) is 24.5 Å². The summed E-state index contributed by atoms with van der Waals surface area (Å²) in [5.74, 6) is 0.269. The number of thioether (sulfide) groups is 1. The molecule has 1 aromatic carbocycles. The van der Waals surface area contributed by atoms with Crippen molar-refractivity contribution in [1.29, 1.82) is 0 Å². The van der Waals surface area contributed by atoms with Gasteiger partial charge in [-0.2, -0.15) is 5.10 Å². The van der Waals surface area contributed by atoms with Gasteiger partial charge in [-0.3, -0.25) is 4.79 Å². The van der Waals surface area contributed by atoms with Gasteiger partial charge in [-0.1, -0.05) is 13.8 Å². The van der Waals surface area contributed by atoms with E-state index in [1.54, 1.807) is 29.3 Å². The Bertz CT molecular complexity index is 665. The minimum Gasteiger partial charge on any atom is -0.267 e. The summed E-state index contributed by atoms with van der Waals surface area (Å²) in [7, 11) is 0. The van der Waals surface area contributed by atoms with Crippen molar-refractivity contribution in [3.8, 4) is 0 Å². The number of nitrogens with one attached hydrogen (secondary N) is 1. The molecule has 1 N–H and O–H groups in total. The SMILES string of the molecule is CCSc1sc(CC)cc1/C=N/NC(=O)c1ccc(F)cc1. The molecule has 6 heteroatoms. The van der Waals surface area contributed by atoms with E-state index >= 15 is 0 Å². The van der Waals surface area contributed by atoms with E-state index < -0.39 is 0 Å². The van der Waals surface area contributed by atoms with Gasteiger partial charge in [0.2, 0.25) is 0 Å². The average Bonchev–Trinajstić information content (AvgIpc) is 2.90. The molecule has 2 aromatic rings. The molecule has 0 aliphatic heterocycles. The topological polar surface area (TPSA) is 41.5 Å². The molecular formula is C16H17FN2OS2. The Hall–Kier alpha value is -1.66. The van der Waals surface area contributed by atoms with Gasteiger partial charge in [-0.25, -0.2) is 9.82 Å². The van der Waals surface area contributed by atoms with Gasteiger partial charge in [-0.15, -0.1) is 23.1 Å². The first kappa shape index (κ1) is 16.7. The maximum atomic E-state index is 12.8. The number of amides is 1. The van der Waals surface area contributed by atoms with Crippen molar-refractivity contribution >= 4 is 35.2 Å². The first-order valence-corrected chi connectivity index (χ1v) is 8.78. The van der Waals surface area contributed by atoms with Crippen LogP contribution in [0.5, 0.6) is 0 Å². The van der Waals surface area contributed by atoms with Crippen LogP contribution in [0.2, 0.25) is 0 Å².